The summed E-state index contributed by atoms with van der Waals surface area (Å²) < 4.78 is 10.5. The number of hydrogen-bond donors (Lipinski definition) is 0. The molecule has 0 amide bonds. The highest BCUT2D eigenvalue weighted by Gasteiger charge is 2.13. The molecule has 6 nitrogen and oxygen atoms in total. The molecule has 0 N–H and O–H groups in total. The molecule has 6 heteroatoms. The Morgan fingerprint density at radius 3 is 2.57 bits per heavy atom. The van der Waals surface area contributed by atoms with Crippen molar-refractivity contribution < 1.29 is 9.26 Å². The van der Waals surface area contributed by atoms with Gasteiger partial charge in [0.25, 0.3) is 5.89 Å². The van der Waals surface area contributed by atoms with E-state index in [1.54, 1.807) is 7.11 Å². The first-order valence-corrected chi connectivity index (χ1v) is 6.47. The van der Waals surface area contributed by atoms with Crippen molar-refractivity contribution in [2.24, 2.45) is 0 Å². The van der Waals surface area contributed by atoms with Gasteiger partial charge in [-0.2, -0.15) is 10.1 Å². The number of nitrogens with zero attached hydrogens (tertiary/aromatic N) is 4. The summed E-state index contributed by atoms with van der Waals surface area (Å²) in [5.41, 5.74) is 3.27. The van der Waals surface area contributed by atoms with Crippen molar-refractivity contribution in [3.8, 4) is 28.7 Å². The van der Waals surface area contributed by atoms with E-state index >= 15 is 0 Å². The average molecular weight is 282 g/mol. The largest absolute Gasteiger partial charge is 0.496 e. The average Bonchev–Trinajstić information content (AvgIpc) is 2.98. The first kappa shape index (κ1) is 13.2. The smallest absolute Gasteiger partial charge is 0.258 e. The Hall–Kier alpha value is -2.76. The van der Waals surface area contributed by atoms with Crippen LogP contribution in [0.5, 0.6) is 5.75 Å². The Labute approximate surface area is 121 Å². The van der Waals surface area contributed by atoms with E-state index in [-0.39, 0.29) is 0 Å². The van der Waals surface area contributed by atoms with Crippen molar-refractivity contribution in [2.75, 3.05) is 7.11 Å². The molecule has 0 spiro atoms. The molecule has 0 unspecified atom stereocenters. The van der Waals surface area contributed by atoms with Gasteiger partial charge in [-0.25, -0.2) is 0 Å². The Morgan fingerprint density at radius 1 is 1.05 bits per heavy atom. The fourth-order valence-corrected chi connectivity index (χ4v) is 1.97. The van der Waals surface area contributed by atoms with Gasteiger partial charge in [0.05, 0.1) is 12.8 Å². The quantitative estimate of drug-likeness (QED) is 0.735. The van der Waals surface area contributed by atoms with Crippen LogP contribution in [0.4, 0.5) is 0 Å². The molecular weight excluding hydrogens is 268 g/mol. The van der Waals surface area contributed by atoms with Crippen molar-refractivity contribution in [2.45, 2.75) is 13.8 Å². The van der Waals surface area contributed by atoms with Crippen LogP contribution in [0.25, 0.3) is 23.0 Å². The van der Waals surface area contributed by atoms with Gasteiger partial charge >= 0.3 is 0 Å². The van der Waals surface area contributed by atoms with Gasteiger partial charge < -0.3 is 9.26 Å². The first-order chi connectivity index (χ1) is 10.2. The molecule has 0 saturated carbocycles. The topological polar surface area (TPSA) is 73.9 Å². The summed E-state index contributed by atoms with van der Waals surface area (Å²) in [7, 11) is 1.64. The van der Waals surface area contributed by atoms with Crippen LogP contribution in [0, 0.1) is 13.8 Å². The van der Waals surface area contributed by atoms with Gasteiger partial charge in [0, 0.05) is 5.56 Å². The molecule has 0 saturated heterocycles. The lowest BCUT2D eigenvalue weighted by molar-refractivity contribution is 0.411. The SMILES string of the molecule is COc1ccc(-c2nc(-c3ccc(C)nn3)no2)cc1C. The van der Waals surface area contributed by atoms with Gasteiger partial charge in [-0.15, -0.1) is 5.10 Å². The Kier molecular flexibility index (Phi) is 3.35. The molecule has 0 atom stereocenters. The molecule has 0 radical (unpaired) electrons. The lowest BCUT2D eigenvalue weighted by Crippen LogP contribution is -1.91. The summed E-state index contributed by atoms with van der Waals surface area (Å²) in [5, 5.41) is 12.0. The number of methoxy groups -OCH3 is 1. The second-order valence-electron chi connectivity index (χ2n) is 4.67. The fourth-order valence-electron chi connectivity index (χ4n) is 1.97. The van der Waals surface area contributed by atoms with Crippen LogP contribution in [-0.2, 0) is 0 Å². The van der Waals surface area contributed by atoms with Crippen LogP contribution in [0.1, 0.15) is 11.3 Å². The maximum Gasteiger partial charge on any atom is 0.258 e. The van der Waals surface area contributed by atoms with E-state index in [0.29, 0.717) is 17.4 Å². The summed E-state index contributed by atoms with van der Waals surface area (Å²) in [6, 6.07) is 9.37. The highest BCUT2D eigenvalue weighted by atomic mass is 16.5. The molecule has 0 fully saturated rings. The zero-order chi connectivity index (χ0) is 14.8. The number of benzene rings is 1. The van der Waals surface area contributed by atoms with Crippen molar-refractivity contribution in [1.82, 2.24) is 20.3 Å². The lowest BCUT2D eigenvalue weighted by Gasteiger charge is -2.04. The molecule has 2 aromatic heterocycles. The standard InChI is InChI=1S/C15H14N4O2/c1-9-8-11(5-7-13(9)20-3)15-16-14(19-21-15)12-6-4-10(2)17-18-12/h4-8H,1-3H3. The van der Waals surface area contributed by atoms with E-state index in [0.717, 1.165) is 22.6 Å². The predicted octanol–water partition coefficient (Wildman–Crippen LogP) is 2.82. The third-order valence-electron chi connectivity index (χ3n) is 3.09. The number of rotatable bonds is 3. The van der Waals surface area contributed by atoms with Gasteiger partial charge in [-0.1, -0.05) is 5.16 Å². The third kappa shape index (κ3) is 2.60. The van der Waals surface area contributed by atoms with Gasteiger partial charge in [0.15, 0.2) is 0 Å². The van der Waals surface area contributed by atoms with Gasteiger partial charge in [-0.05, 0) is 49.7 Å². The highest BCUT2D eigenvalue weighted by molar-refractivity contribution is 5.59. The van der Waals surface area contributed by atoms with Crippen molar-refractivity contribution in [3.05, 3.63) is 41.6 Å². The molecule has 1 aromatic carbocycles. The van der Waals surface area contributed by atoms with Gasteiger partial charge in [0.2, 0.25) is 5.82 Å². The summed E-state index contributed by atoms with van der Waals surface area (Å²) >= 11 is 0. The van der Waals surface area contributed by atoms with E-state index < -0.39 is 0 Å². The van der Waals surface area contributed by atoms with Crippen LogP contribution in [0.15, 0.2) is 34.9 Å². The zero-order valence-electron chi connectivity index (χ0n) is 12.0. The summed E-state index contributed by atoms with van der Waals surface area (Å²) in [6.07, 6.45) is 0. The summed E-state index contributed by atoms with van der Waals surface area (Å²) in [4.78, 5) is 4.36. The minimum absolute atomic E-state index is 0.422. The van der Waals surface area contributed by atoms with E-state index in [2.05, 4.69) is 20.3 Å². The summed E-state index contributed by atoms with van der Waals surface area (Å²) in [5.74, 6) is 1.69. The predicted molar refractivity (Wildman–Crippen MR) is 76.8 cm³/mol. The van der Waals surface area contributed by atoms with Crippen LogP contribution < -0.4 is 4.74 Å². The van der Waals surface area contributed by atoms with Crippen LogP contribution in [0.3, 0.4) is 0 Å². The summed E-state index contributed by atoms with van der Waals surface area (Å²) in [6.45, 7) is 3.84. The molecular formula is C15H14N4O2. The molecule has 0 bridgehead atoms. The molecule has 3 aromatic rings. The number of aromatic nitrogens is 4. The Balaban J connectivity index is 1.94. The molecule has 0 aliphatic heterocycles. The number of aryl methyl sites for hydroxylation is 2. The Morgan fingerprint density at radius 2 is 1.90 bits per heavy atom. The first-order valence-electron chi connectivity index (χ1n) is 6.47. The second-order valence-corrected chi connectivity index (χ2v) is 4.67. The van der Waals surface area contributed by atoms with Crippen LogP contribution in [-0.4, -0.2) is 27.4 Å². The van der Waals surface area contributed by atoms with Crippen molar-refractivity contribution in [3.63, 3.8) is 0 Å². The van der Waals surface area contributed by atoms with Crippen LogP contribution in [0.2, 0.25) is 0 Å². The second kappa shape index (κ2) is 5.32. The minimum Gasteiger partial charge on any atom is -0.496 e. The molecule has 0 aliphatic rings. The van der Waals surface area contributed by atoms with E-state index in [1.165, 1.54) is 0 Å². The molecule has 106 valence electrons. The number of ether oxygens (including phenoxy) is 1. The van der Waals surface area contributed by atoms with E-state index in [4.69, 9.17) is 9.26 Å². The van der Waals surface area contributed by atoms with Gasteiger partial charge in [0.1, 0.15) is 11.4 Å². The number of hydrogen-bond acceptors (Lipinski definition) is 6. The van der Waals surface area contributed by atoms with Gasteiger partial charge in [-0.3, -0.25) is 0 Å². The van der Waals surface area contributed by atoms with Crippen molar-refractivity contribution >= 4 is 0 Å². The minimum atomic E-state index is 0.422. The maximum absolute atomic E-state index is 5.29. The van der Waals surface area contributed by atoms with E-state index in [1.807, 2.05) is 44.2 Å². The Bertz CT molecular complexity index is 766. The molecule has 21 heavy (non-hydrogen) atoms. The van der Waals surface area contributed by atoms with Crippen molar-refractivity contribution in [1.29, 1.82) is 0 Å². The molecule has 2 heterocycles. The third-order valence-corrected chi connectivity index (χ3v) is 3.09. The van der Waals surface area contributed by atoms with E-state index in [9.17, 15) is 0 Å². The maximum atomic E-state index is 5.29. The fraction of sp³-hybridized carbons (Fsp3) is 0.200. The lowest BCUT2D eigenvalue weighted by atomic mass is 10.1. The highest BCUT2D eigenvalue weighted by Crippen LogP contribution is 2.26. The van der Waals surface area contributed by atoms with Crippen LogP contribution >= 0.6 is 0 Å². The normalized spacial score (nSPS) is 10.6. The molecule has 0 aliphatic carbocycles. The zero-order valence-corrected chi connectivity index (χ0v) is 12.0. The molecule has 3 rings (SSSR count). The monoisotopic (exact) mass is 282 g/mol.